The van der Waals surface area contributed by atoms with Crippen molar-refractivity contribution in [3.63, 3.8) is 0 Å². The van der Waals surface area contributed by atoms with E-state index >= 15 is 0 Å². The summed E-state index contributed by atoms with van der Waals surface area (Å²) in [7, 11) is 0. The third-order valence-corrected chi connectivity index (χ3v) is 2.74. The van der Waals surface area contributed by atoms with E-state index in [2.05, 4.69) is 30.5 Å². The lowest BCUT2D eigenvalue weighted by atomic mass is 10.2. The molecule has 1 aliphatic heterocycles. The Kier molecular flexibility index (Phi) is 3.00. The quantitative estimate of drug-likeness (QED) is 0.592. The Morgan fingerprint density at radius 2 is 2.38 bits per heavy atom. The average molecular weight is 239 g/mol. The number of thioether (sulfide) groups is 1. The molecule has 7 nitrogen and oxygen atoms in total. The van der Waals surface area contributed by atoms with E-state index < -0.39 is 0 Å². The molecule has 1 saturated heterocycles. The molecule has 16 heavy (non-hydrogen) atoms. The van der Waals surface area contributed by atoms with Crippen LogP contribution in [0.3, 0.4) is 0 Å². The van der Waals surface area contributed by atoms with Crippen LogP contribution in [0.1, 0.15) is 18.3 Å². The van der Waals surface area contributed by atoms with Gasteiger partial charge in [0.15, 0.2) is 10.9 Å². The molecular weight excluding hydrogens is 230 g/mol. The number of rotatable bonds is 2. The third-order valence-electron chi connectivity index (χ3n) is 1.87. The monoisotopic (exact) mass is 239 g/mol. The van der Waals surface area contributed by atoms with Gasteiger partial charge in [0.2, 0.25) is 5.91 Å². The van der Waals surface area contributed by atoms with E-state index in [-0.39, 0.29) is 5.91 Å². The second kappa shape index (κ2) is 4.44. The molecule has 0 aromatic carbocycles. The zero-order valence-corrected chi connectivity index (χ0v) is 9.54. The lowest BCUT2D eigenvalue weighted by molar-refractivity contribution is -0.116. The molecule has 1 N–H and O–H groups in total. The normalized spacial score (nSPS) is 19.2. The summed E-state index contributed by atoms with van der Waals surface area (Å²) >= 11 is 1.32. The van der Waals surface area contributed by atoms with E-state index in [9.17, 15) is 4.79 Å². The minimum Gasteiger partial charge on any atom is -0.303 e. The van der Waals surface area contributed by atoms with Crippen molar-refractivity contribution in [2.75, 3.05) is 5.75 Å². The first-order chi connectivity index (χ1) is 7.66. The number of aryl methyl sites for hydroxylation is 1. The van der Waals surface area contributed by atoms with Gasteiger partial charge >= 0.3 is 0 Å². The molecule has 0 aliphatic carbocycles. The molecular formula is C8H9N5O2S. The lowest BCUT2D eigenvalue weighted by Gasteiger charge is -1.93. The van der Waals surface area contributed by atoms with E-state index in [0.717, 1.165) is 0 Å². The van der Waals surface area contributed by atoms with Crippen molar-refractivity contribution in [1.29, 1.82) is 0 Å². The molecule has 8 heteroatoms. The summed E-state index contributed by atoms with van der Waals surface area (Å²) in [5, 5.41) is 18.3. The van der Waals surface area contributed by atoms with Gasteiger partial charge in [-0.15, -0.1) is 5.10 Å². The van der Waals surface area contributed by atoms with Gasteiger partial charge in [0, 0.05) is 0 Å². The zero-order chi connectivity index (χ0) is 11.5. The van der Waals surface area contributed by atoms with Gasteiger partial charge in [-0.05, 0) is 19.0 Å². The fourth-order valence-corrected chi connectivity index (χ4v) is 1.73. The standard InChI is InChI=1S/C8H9N5O2S/c1-4(7-5(2)12-15-13-7)10-11-8-9-6(14)3-16-8/h3H2,1-2H3,(H,9,11,14). The fourth-order valence-electron chi connectivity index (χ4n) is 1.11. The largest absolute Gasteiger partial charge is 0.303 e. The molecule has 1 aromatic rings. The second-order valence-electron chi connectivity index (χ2n) is 3.13. The Labute approximate surface area is 95.3 Å². The lowest BCUT2D eigenvalue weighted by Crippen LogP contribution is -2.19. The van der Waals surface area contributed by atoms with Crippen molar-refractivity contribution in [3.8, 4) is 0 Å². The Bertz CT molecular complexity index is 479. The zero-order valence-electron chi connectivity index (χ0n) is 8.72. The number of amides is 1. The highest BCUT2D eigenvalue weighted by Gasteiger charge is 2.16. The van der Waals surface area contributed by atoms with Crippen LogP contribution in [0.2, 0.25) is 0 Å². The molecule has 1 aromatic heterocycles. The number of carbonyl (C=O) groups excluding carboxylic acids is 1. The highest BCUT2D eigenvalue weighted by atomic mass is 32.2. The van der Waals surface area contributed by atoms with Crippen LogP contribution in [0, 0.1) is 6.92 Å². The van der Waals surface area contributed by atoms with Gasteiger partial charge in [0.25, 0.3) is 0 Å². The first-order valence-corrected chi connectivity index (χ1v) is 5.50. The average Bonchev–Trinajstić information content (AvgIpc) is 2.84. The maximum atomic E-state index is 10.9. The maximum Gasteiger partial charge on any atom is 0.236 e. The highest BCUT2D eigenvalue weighted by Crippen LogP contribution is 2.09. The highest BCUT2D eigenvalue weighted by molar-refractivity contribution is 8.15. The van der Waals surface area contributed by atoms with Crippen molar-refractivity contribution < 1.29 is 9.42 Å². The number of nitrogens with zero attached hydrogens (tertiary/aromatic N) is 4. The number of aromatic nitrogens is 2. The molecule has 2 heterocycles. The van der Waals surface area contributed by atoms with Gasteiger partial charge in [-0.3, -0.25) is 4.79 Å². The van der Waals surface area contributed by atoms with Crippen molar-refractivity contribution in [2.24, 2.45) is 10.2 Å². The molecule has 0 spiro atoms. The first-order valence-electron chi connectivity index (χ1n) is 4.51. The van der Waals surface area contributed by atoms with E-state index in [0.29, 0.717) is 28.0 Å². The molecule has 2 rings (SSSR count). The van der Waals surface area contributed by atoms with E-state index in [4.69, 9.17) is 0 Å². The third kappa shape index (κ3) is 2.27. The second-order valence-corrected chi connectivity index (χ2v) is 4.09. The molecule has 0 bridgehead atoms. The number of hydrogen-bond donors (Lipinski definition) is 1. The van der Waals surface area contributed by atoms with Crippen LogP contribution < -0.4 is 5.32 Å². The predicted octanol–water partition coefficient (Wildman–Crippen LogP) is 0.321. The number of carbonyl (C=O) groups is 1. The summed E-state index contributed by atoms with van der Waals surface area (Å²) in [4.78, 5) is 10.9. The van der Waals surface area contributed by atoms with Gasteiger partial charge < -0.3 is 5.32 Å². The van der Waals surface area contributed by atoms with Crippen molar-refractivity contribution >= 4 is 28.5 Å². The topological polar surface area (TPSA) is 92.7 Å². The van der Waals surface area contributed by atoms with Crippen molar-refractivity contribution in [3.05, 3.63) is 11.4 Å². The molecule has 1 amide bonds. The van der Waals surface area contributed by atoms with E-state index in [1.165, 1.54) is 11.8 Å². The van der Waals surface area contributed by atoms with Crippen LogP contribution in [0.5, 0.6) is 0 Å². The van der Waals surface area contributed by atoms with E-state index in [1.54, 1.807) is 13.8 Å². The molecule has 1 fully saturated rings. The van der Waals surface area contributed by atoms with Gasteiger partial charge in [0.1, 0.15) is 5.69 Å². The Balaban J connectivity index is 2.14. The Morgan fingerprint density at radius 3 is 2.94 bits per heavy atom. The van der Waals surface area contributed by atoms with Gasteiger partial charge in [0.05, 0.1) is 11.5 Å². The predicted molar refractivity (Wildman–Crippen MR) is 59.3 cm³/mol. The summed E-state index contributed by atoms with van der Waals surface area (Å²) < 4.78 is 4.55. The molecule has 0 unspecified atom stereocenters. The smallest absolute Gasteiger partial charge is 0.236 e. The van der Waals surface area contributed by atoms with Crippen LogP contribution >= 0.6 is 11.8 Å². The first kappa shape index (κ1) is 10.8. The molecule has 0 atom stereocenters. The summed E-state index contributed by atoms with van der Waals surface area (Å²) in [6.45, 7) is 3.52. The molecule has 0 saturated carbocycles. The van der Waals surface area contributed by atoms with Gasteiger partial charge in [-0.2, -0.15) is 5.10 Å². The summed E-state index contributed by atoms with van der Waals surface area (Å²) in [6, 6.07) is 0. The fraction of sp³-hybridized carbons (Fsp3) is 0.375. The van der Waals surface area contributed by atoms with Crippen LogP contribution in [0.15, 0.2) is 14.8 Å². The summed E-state index contributed by atoms with van der Waals surface area (Å²) in [5.41, 5.74) is 1.82. The minimum atomic E-state index is -0.0594. The Morgan fingerprint density at radius 1 is 1.56 bits per heavy atom. The van der Waals surface area contributed by atoms with Crippen molar-refractivity contribution in [1.82, 2.24) is 15.6 Å². The van der Waals surface area contributed by atoms with Crippen LogP contribution in [0.25, 0.3) is 0 Å². The minimum absolute atomic E-state index is 0.0594. The molecule has 1 aliphatic rings. The number of amidine groups is 1. The van der Waals surface area contributed by atoms with Crippen LogP contribution in [-0.2, 0) is 4.79 Å². The maximum absolute atomic E-state index is 10.9. The van der Waals surface area contributed by atoms with Gasteiger partial charge in [-0.25, -0.2) is 4.63 Å². The SMILES string of the molecule is CC(=NN=C1NC(=O)CS1)c1nonc1C. The van der Waals surface area contributed by atoms with E-state index in [1.807, 2.05) is 0 Å². The number of hydrogen-bond acceptors (Lipinski definition) is 7. The van der Waals surface area contributed by atoms with Crippen LogP contribution in [-0.4, -0.2) is 32.9 Å². The summed E-state index contributed by atoms with van der Waals surface area (Å²) in [6.07, 6.45) is 0. The molecule has 0 radical (unpaired) electrons. The van der Waals surface area contributed by atoms with Crippen molar-refractivity contribution in [2.45, 2.75) is 13.8 Å². The summed E-state index contributed by atoms with van der Waals surface area (Å²) in [5.74, 6) is 0.327. The van der Waals surface area contributed by atoms with Crippen LogP contribution in [0.4, 0.5) is 0 Å². The van der Waals surface area contributed by atoms with Gasteiger partial charge in [-0.1, -0.05) is 16.9 Å². The number of nitrogens with one attached hydrogen (secondary N) is 1. The molecule has 84 valence electrons. The Hall–Kier alpha value is -1.70.